The number of H-pyrrole nitrogens is 2. The Kier molecular flexibility index (Phi) is 6.47. The van der Waals surface area contributed by atoms with Crippen LogP contribution < -0.4 is 15.6 Å². The summed E-state index contributed by atoms with van der Waals surface area (Å²) >= 11 is 12.1. The van der Waals surface area contributed by atoms with E-state index in [4.69, 9.17) is 33.0 Å². The van der Waals surface area contributed by atoms with Crippen LogP contribution in [0.15, 0.2) is 47.5 Å². The summed E-state index contributed by atoms with van der Waals surface area (Å²) < 4.78 is 6.03. The zero-order valence-corrected chi connectivity index (χ0v) is 17.6. The van der Waals surface area contributed by atoms with Gasteiger partial charge < -0.3 is 14.8 Å². The van der Waals surface area contributed by atoms with Crippen LogP contribution >= 0.6 is 23.2 Å². The summed E-state index contributed by atoms with van der Waals surface area (Å²) in [5, 5.41) is 19.9. The van der Waals surface area contributed by atoms with Gasteiger partial charge in [-0.2, -0.15) is 5.10 Å². The molecule has 3 aromatic heterocycles. The predicted octanol–water partition coefficient (Wildman–Crippen LogP) is 2.58. The maximum absolute atomic E-state index is 12.2. The van der Waals surface area contributed by atoms with Crippen molar-refractivity contribution in [2.45, 2.75) is 25.8 Å². The van der Waals surface area contributed by atoms with Gasteiger partial charge in [0, 0.05) is 12.7 Å². The first-order valence-electron chi connectivity index (χ1n) is 9.34. The van der Waals surface area contributed by atoms with Crippen molar-refractivity contribution >= 4 is 34.2 Å². The molecule has 0 unspecified atom stereocenters. The van der Waals surface area contributed by atoms with Gasteiger partial charge in [-0.15, -0.1) is 0 Å². The molecule has 0 bridgehead atoms. The molecular weight excluding hydrogens is 443 g/mol. The van der Waals surface area contributed by atoms with E-state index < -0.39 is 6.23 Å². The van der Waals surface area contributed by atoms with Gasteiger partial charge in [-0.05, 0) is 29.8 Å². The van der Waals surface area contributed by atoms with Gasteiger partial charge in [0.1, 0.15) is 17.1 Å². The van der Waals surface area contributed by atoms with Gasteiger partial charge >= 0.3 is 0 Å². The third-order valence-electron chi connectivity index (χ3n) is 4.48. The molecule has 0 radical (unpaired) electrons. The number of fused-ring (bicyclic) bond motifs is 1. The Hall–Kier alpha value is -2.98. The molecule has 0 saturated heterocycles. The first-order valence-corrected chi connectivity index (χ1v) is 10.1. The lowest BCUT2D eigenvalue weighted by molar-refractivity contribution is 0.158. The van der Waals surface area contributed by atoms with Crippen molar-refractivity contribution < 1.29 is 9.84 Å². The number of aromatic amines is 2. The van der Waals surface area contributed by atoms with Crippen LogP contribution in [0.1, 0.15) is 17.1 Å². The summed E-state index contributed by atoms with van der Waals surface area (Å²) in [6.07, 6.45) is 2.79. The van der Waals surface area contributed by atoms with E-state index in [9.17, 15) is 4.79 Å². The largest absolute Gasteiger partial charge is 0.473 e. The summed E-state index contributed by atoms with van der Waals surface area (Å²) in [5.74, 6) is 0.932. The number of pyridine rings is 1. The maximum Gasteiger partial charge on any atom is 0.279 e. The van der Waals surface area contributed by atoms with E-state index in [1.807, 2.05) is 6.07 Å². The van der Waals surface area contributed by atoms with Crippen molar-refractivity contribution in [3.05, 3.63) is 80.2 Å². The minimum atomic E-state index is -0.552. The molecule has 4 N–H and O–H groups in total. The minimum absolute atomic E-state index is 0.158. The Morgan fingerprint density at radius 3 is 2.81 bits per heavy atom. The number of aliphatic hydroxyl groups excluding tert-OH is 1. The molecule has 9 nitrogen and oxygen atoms in total. The van der Waals surface area contributed by atoms with Crippen LogP contribution in [0, 0.1) is 0 Å². The molecule has 0 aliphatic carbocycles. The lowest BCUT2D eigenvalue weighted by Crippen LogP contribution is -2.37. The predicted molar refractivity (Wildman–Crippen MR) is 116 cm³/mol. The number of aliphatic hydroxyl groups is 1. The zero-order valence-electron chi connectivity index (χ0n) is 16.1. The number of halogens is 2. The molecule has 31 heavy (non-hydrogen) atoms. The lowest BCUT2D eigenvalue weighted by Gasteiger charge is -2.20. The average Bonchev–Trinajstić information content (AvgIpc) is 3.24. The highest BCUT2D eigenvalue weighted by Gasteiger charge is 2.16. The fourth-order valence-corrected chi connectivity index (χ4v) is 3.27. The topological polar surface area (TPSA) is 129 Å². The lowest BCUT2D eigenvalue weighted by atomic mass is 10.2. The molecule has 0 aliphatic rings. The van der Waals surface area contributed by atoms with Crippen LogP contribution in [0.2, 0.25) is 10.0 Å². The summed E-state index contributed by atoms with van der Waals surface area (Å²) in [5.41, 5.74) is 1.82. The zero-order chi connectivity index (χ0) is 21.8. The molecular formula is C20H18Cl2N6O3. The summed E-state index contributed by atoms with van der Waals surface area (Å²) in [6, 6.07) is 8.72. The molecule has 0 spiro atoms. The Balaban J connectivity index is 1.55. The molecule has 0 fully saturated rings. The van der Waals surface area contributed by atoms with E-state index in [1.54, 1.807) is 30.5 Å². The van der Waals surface area contributed by atoms with Crippen molar-refractivity contribution in [3.63, 3.8) is 0 Å². The average molecular weight is 461 g/mol. The SMILES string of the molecule is O=c1[nH]c(C[C@@H](NCc2ccc(Cl)c(Cl)c2)Oc2ccc(CO)nc2)nc2c[nH]nc12. The number of hydrogen-bond donors (Lipinski definition) is 4. The molecule has 4 rings (SSSR count). The van der Waals surface area contributed by atoms with Gasteiger partial charge in [0.2, 0.25) is 0 Å². The highest BCUT2D eigenvalue weighted by atomic mass is 35.5. The second-order valence-electron chi connectivity index (χ2n) is 6.72. The van der Waals surface area contributed by atoms with E-state index in [1.165, 1.54) is 6.20 Å². The van der Waals surface area contributed by atoms with Crippen LogP contribution in [0.4, 0.5) is 0 Å². The van der Waals surface area contributed by atoms with Crippen molar-refractivity contribution in [1.29, 1.82) is 0 Å². The summed E-state index contributed by atoms with van der Waals surface area (Å²) in [7, 11) is 0. The van der Waals surface area contributed by atoms with Gasteiger partial charge in [-0.3, -0.25) is 20.2 Å². The van der Waals surface area contributed by atoms with Crippen LogP contribution in [0.5, 0.6) is 5.75 Å². The van der Waals surface area contributed by atoms with E-state index in [0.29, 0.717) is 39.4 Å². The quantitative estimate of drug-likeness (QED) is 0.297. The molecule has 0 amide bonds. The molecule has 0 aliphatic heterocycles. The molecule has 3 heterocycles. The van der Waals surface area contributed by atoms with E-state index in [-0.39, 0.29) is 24.1 Å². The third kappa shape index (κ3) is 5.20. The Morgan fingerprint density at radius 2 is 2.06 bits per heavy atom. The van der Waals surface area contributed by atoms with Crippen LogP contribution in [0.25, 0.3) is 11.0 Å². The van der Waals surface area contributed by atoms with E-state index in [2.05, 4.69) is 30.5 Å². The third-order valence-corrected chi connectivity index (χ3v) is 5.22. The van der Waals surface area contributed by atoms with Crippen molar-refractivity contribution in [1.82, 2.24) is 30.5 Å². The number of nitrogens with zero attached hydrogens (tertiary/aromatic N) is 3. The molecule has 4 aromatic rings. The van der Waals surface area contributed by atoms with Crippen LogP contribution in [0.3, 0.4) is 0 Å². The fraction of sp³-hybridized carbons (Fsp3) is 0.200. The normalized spacial score (nSPS) is 12.2. The number of nitrogens with one attached hydrogen (secondary N) is 3. The number of aromatic nitrogens is 5. The second kappa shape index (κ2) is 9.44. The first kappa shape index (κ1) is 21.3. The molecule has 0 saturated carbocycles. The second-order valence-corrected chi connectivity index (χ2v) is 7.53. The smallest absolute Gasteiger partial charge is 0.279 e. The fourth-order valence-electron chi connectivity index (χ4n) is 2.95. The Labute approximate surface area is 186 Å². The maximum atomic E-state index is 12.2. The van der Waals surface area contributed by atoms with Gasteiger partial charge in [0.15, 0.2) is 11.7 Å². The monoisotopic (exact) mass is 460 g/mol. The van der Waals surface area contributed by atoms with Gasteiger partial charge in [0.25, 0.3) is 5.56 Å². The van der Waals surface area contributed by atoms with Crippen LogP contribution in [-0.4, -0.2) is 36.5 Å². The number of benzene rings is 1. The molecule has 160 valence electrons. The summed E-state index contributed by atoms with van der Waals surface area (Å²) in [6.45, 7) is 0.275. The van der Waals surface area contributed by atoms with Crippen molar-refractivity contribution in [2.75, 3.05) is 0 Å². The van der Waals surface area contributed by atoms with E-state index >= 15 is 0 Å². The molecule has 11 heteroatoms. The summed E-state index contributed by atoms with van der Waals surface area (Å²) in [4.78, 5) is 23.5. The van der Waals surface area contributed by atoms with Crippen molar-refractivity contribution in [3.8, 4) is 5.75 Å². The van der Waals surface area contributed by atoms with Gasteiger partial charge in [-0.1, -0.05) is 29.3 Å². The highest BCUT2D eigenvalue weighted by Crippen LogP contribution is 2.22. The van der Waals surface area contributed by atoms with Crippen molar-refractivity contribution in [2.24, 2.45) is 0 Å². The Morgan fingerprint density at radius 1 is 1.19 bits per heavy atom. The molecule has 1 aromatic carbocycles. The van der Waals surface area contributed by atoms with E-state index in [0.717, 1.165) is 5.56 Å². The number of hydrogen-bond acceptors (Lipinski definition) is 7. The highest BCUT2D eigenvalue weighted by molar-refractivity contribution is 6.42. The first-order chi connectivity index (χ1) is 15.0. The molecule has 1 atom stereocenters. The Bertz CT molecular complexity index is 1240. The van der Waals surface area contributed by atoms with Gasteiger partial charge in [0.05, 0.1) is 35.0 Å². The van der Waals surface area contributed by atoms with Crippen LogP contribution in [-0.2, 0) is 19.6 Å². The minimum Gasteiger partial charge on any atom is -0.473 e. The van der Waals surface area contributed by atoms with Gasteiger partial charge in [-0.25, -0.2) is 4.98 Å². The number of rotatable bonds is 8. The standard InChI is InChI=1S/C20H18Cl2N6O3/c21-14-4-1-11(5-15(14)22)7-24-18(31-13-3-2-12(10-29)23-8-13)6-17-26-16-9-25-28-19(16)20(30)27-17/h1-5,8-9,18,24,29H,6-7,10H2,(H,25,28)(H,26,27,30)/t18-/m0/s1. The number of ether oxygens (including phenoxy) is 1.